The van der Waals surface area contributed by atoms with E-state index in [1.165, 1.54) is 29.4 Å². The molecule has 7 nitrogen and oxygen atoms in total. The molecule has 0 unspecified atom stereocenters. The van der Waals surface area contributed by atoms with Crippen LogP contribution >= 0.6 is 0 Å². The molecule has 1 fully saturated rings. The minimum absolute atomic E-state index is 0.0270. The van der Waals surface area contributed by atoms with Gasteiger partial charge in [-0.25, -0.2) is 24.1 Å². The lowest BCUT2D eigenvalue weighted by molar-refractivity contribution is -0.137. The molecular weight excluding hydrogens is 476 g/mol. The van der Waals surface area contributed by atoms with Gasteiger partial charge in [-0.1, -0.05) is 18.2 Å². The number of urea groups is 1. The van der Waals surface area contributed by atoms with Crippen molar-refractivity contribution in [2.45, 2.75) is 18.6 Å². The van der Waals surface area contributed by atoms with Crippen molar-refractivity contribution >= 4 is 34.3 Å². The number of anilines is 3. The number of aromatic nitrogens is 3. The highest BCUT2D eigenvalue weighted by molar-refractivity contribution is 6.07. The maximum Gasteiger partial charge on any atom is 0.416 e. The SMILES string of the molecule is O=C(Nc1ncnc2cccc(F)c12)N1c2nc(-c3cccc(C(F)(F)F)c3)ccc2N2CC[C@H]1C2. The Kier molecular flexibility index (Phi) is 5.02. The maximum absolute atomic E-state index is 14.5. The number of amides is 2. The lowest BCUT2D eigenvalue weighted by Gasteiger charge is -2.35. The van der Waals surface area contributed by atoms with Crippen molar-refractivity contribution in [3.05, 3.63) is 72.3 Å². The van der Waals surface area contributed by atoms with Crippen LogP contribution in [0.2, 0.25) is 0 Å². The number of hydrogen-bond acceptors (Lipinski definition) is 5. The summed E-state index contributed by atoms with van der Waals surface area (Å²) in [6.07, 6.45) is -2.57. The van der Waals surface area contributed by atoms with Crippen LogP contribution in [0.15, 0.2) is 60.9 Å². The number of carbonyl (C=O) groups excluding carboxylic acids is 1. The van der Waals surface area contributed by atoms with Gasteiger partial charge in [-0.05, 0) is 42.8 Å². The first-order valence-corrected chi connectivity index (χ1v) is 11.2. The van der Waals surface area contributed by atoms with E-state index in [-0.39, 0.29) is 22.8 Å². The van der Waals surface area contributed by atoms with Gasteiger partial charge in [-0.2, -0.15) is 13.2 Å². The number of nitrogens with zero attached hydrogens (tertiary/aromatic N) is 5. The lowest BCUT2D eigenvalue weighted by atomic mass is 10.1. The Morgan fingerprint density at radius 3 is 2.72 bits per heavy atom. The second kappa shape index (κ2) is 8.14. The Balaban J connectivity index is 1.40. The Hall–Kier alpha value is -4.28. The smallest absolute Gasteiger partial charge is 0.366 e. The van der Waals surface area contributed by atoms with Gasteiger partial charge < -0.3 is 4.90 Å². The summed E-state index contributed by atoms with van der Waals surface area (Å²) in [6, 6.07) is 11.9. The van der Waals surface area contributed by atoms with Crippen molar-refractivity contribution < 1.29 is 22.4 Å². The van der Waals surface area contributed by atoms with Crippen molar-refractivity contribution in [2.75, 3.05) is 28.2 Å². The van der Waals surface area contributed by atoms with Gasteiger partial charge in [0, 0.05) is 18.7 Å². The number of rotatable bonds is 2. The molecule has 4 aromatic rings. The largest absolute Gasteiger partial charge is 0.416 e. The summed E-state index contributed by atoms with van der Waals surface area (Å²) in [5.41, 5.74) is 0.851. The second-order valence-electron chi connectivity index (χ2n) is 8.66. The molecule has 11 heteroatoms. The fraction of sp³-hybridized carbons (Fsp3) is 0.200. The van der Waals surface area contributed by atoms with E-state index in [0.717, 1.165) is 12.1 Å². The first-order chi connectivity index (χ1) is 17.3. The zero-order valence-electron chi connectivity index (χ0n) is 18.6. The molecule has 36 heavy (non-hydrogen) atoms. The summed E-state index contributed by atoms with van der Waals surface area (Å²) in [4.78, 5) is 29.9. The molecule has 2 aromatic carbocycles. The summed E-state index contributed by atoms with van der Waals surface area (Å²) >= 11 is 0. The minimum atomic E-state index is -4.49. The Labute approximate surface area is 202 Å². The standard InChI is InChI=1S/C25H18F4N6O/c26-17-5-2-6-19-21(17)22(31-13-30-19)33-24(36)35-16-9-10-34(12-16)20-8-7-18(32-23(20)35)14-3-1-4-15(11-14)25(27,28)29/h1-8,11,13,16H,9-10,12H2,(H,30,31,33,36)/t16-/m0/s1. The van der Waals surface area contributed by atoms with Crippen molar-refractivity contribution in [3.63, 3.8) is 0 Å². The van der Waals surface area contributed by atoms with E-state index < -0.39 is 23.6 Å². The van der Waals surface area contributed by atoms with Crippen LogP contribution in [-0.4, -0.2) is 40.1 Å². The van der Waals surface area contributed by atoms with Crippen LogP contribution in [0.3, 0.4) is 0 Å². The van der Waals surface area contributed by atoms with Gasteiger partial charge in [0.2, 0.25) is 0 Å². The number of benzene rings is 2. The van der Waals surface area contributed by atoms with Crippen LogP contribution in [0, 0.1) is 5.82 Å². The number of carbonyl (C=O) groups is 1. The number of fused-ring (bicyclic) bond motifs is 5. The molecule has 2 aromatic heterocycles. The molecule has 2 bridgehead atoms. The topological polar surface area (TPSA) is 74.2 Å². The summed E-state index contributed by atoms with van der Waals surface area (Å²) in [6.45, 7) is 1.29. The van der Waals surface area contributed by atoms with E-state index in [4.69, 9.17) is 0 Å². The molecule has 1 atom stereocenters. The predicted molar refractivity (Wildman–Crippen MR) is 126 cm³/mol. The minimum Gasteiger partial charge on any atom is -0.366 e. The monoisotopic (exact) mass is 494 g/mol. The number of alkyl halides is 3. The summed E-state index contributed by atoms with van der Waals surface area (Å²) in [7, 11) is 0. The van der Waals surface area contributed by atoms with Crippen molar-refractivity contribution in [1.82, 2.24) is 15.0 Å². The summed E-state index contributed by atoms with van der Waals surface area (Å²) < 4.78 is 54.3. The molecule has 2 aliphatic rings. The molecular formula is C25H18F4N6O. The molecule has 1 N–H and O–H groups in total. The van der Waals surface area contributed by atoms with Crippen LogP contribution in [-0.2, 0) is 6.18 Å². The number of pyridine rings is 1. The van der Waals surface area contributed by atoms with Crippen LogP contribution in [0.1, 0.15) is 12.0 Å². The van der Waals surface area contributed by atoms with Gasteiger partial charge in [0.25, 0.3) is 0 Å². The van der Waals surface area contributed by atoms with Crippen molar-refractivity contribution in [2.24, 2.45) is 0 Å². The van der Waals surface area contributed by atoms with Crippen LogP contribution in [0.5, 0.6) is 0 Å². The van der Waals surface area contributed by atoms with Crippen molar-refractivity contribution in [3.8, 4) is 11.3 Å². The number of hydrogen-bond donors (Lipinski definition) is 1. The molecule has 0 aliphatic carbocycles. The highest BCUT2D eigenvalue weighted by Crippen LogP contribution is 2.41. The van der Waals surface area contributed by atoms with Crippen molar-refractivity contribution in [1.29, 1.82) is 0 Å². The highest BCUT2D eigenvalue weighted by atomic mass is 19.4. The second-order valence-corrected chi connectivity index (χ2v) is 8.66. The molecule has 0 radical (unpaired) electrons. The zero-order valence-corrected chi connectivity index (χ0v) is 18.6. The summed E-state index contributed by atoms with van der Waals surface area (Å²) in [5, 5.41) is 2.78. The number of nitrogens with one attached hydrogen (secondary N) is 1. The van der Waals surface area contributed by atoms with Gasteiger partial charge >= 0.3 is 12.2 Å². The third-order valence-electron chi connectivity index (χ3n) is 6.49. The van der Waals surface area contributed by atoms with E-state index in [1.54, 1.807) is 24.3 Å². The molecule has 4 heterocycles. The fourth-order valence-corrected chi connectivity index (χ4v) is 4.81. The fourth-order valence-electron chi connectivity index (χ4n) is 4.81. The quantitative estimate of drug-likeness (QED) is 0.374. The number of halogens is 4. The van der Waals surface area contributed by atoms with Crippen LogP contribution < -0.4 is 15.1 Å². The normalized spacial score (nSPS) is 16.8. The van der Waals surface area contributed by atoms with Gasteiger partial charge in [-0.3, -0.25) is 10.2 Å². The lowest BCUT2D eigenvalue weighted by Crippen LogP contribution is -2.48. The van der Waals surface area contributed by atoms with E-state index in [2.05, 4.69) is 25.2 Å². The van der Waals surface area contributed by atoms with E-state index in [9.17, 15) is 22.4 Å². The Morgan fingerprint density at radius 1 is 1.06 bits per heavy atom. The molecule has 1 saturated heterocycles. The van der Waals surface area contributed by atoms with Crippen LogP contribution in [0.4, 0.5) is 39.7 Å². The maximum atomic E-state index is 14.5. The molecule has 0 spiro atoms. The van der Waals surface area contributed by atoms with Gasteiger partial charge in [-0.15, -0.1) is 0 Å². The average Bonchev–Trinajstić information content (AvgIpc) is 3.28. The van der Waals surface area contributed by atoms with Crippen LogP contribution in [0.25, 0.3) is 22.2 Å². The predicted octanol–water partition coefficient (Wildman–Crippen LogP) is 5.48. The van der Waals surface area contributed by atoms with E-state index >= 15 is 0 Å². The van der Waals surface area contributed by atoms with Gasteiger partial charge in [0.1, 0.15) is 18.0 Å². The average molecular weight is 494 g/mol. The van der Waals surface area contributed by atoms with E-state index in [0.29, 0.717) is 42.2 Å². The van der Waals surface area contributed by atoms with E-state index in [1.807, 2.05) is 0 Å². The molecule has 2 amide bonds. The first kappa shape index (κ1) is 22.2. The molecule has 6 rings (SSSR count). The van der Waals surface area contributed by atoms with Gasteiger partial charge in [0.05, 0.1) is 33.9 Å². The summed E-state index contributed by atoms with van der Waals surface area (Å²) in [5.74, 6) is -0.214. The highest BCUT2D eigenvalue weighted by Gasteiger charge is 2.40. The Bertz CT molecular complexity index is 1500. The third-order valence-corrected chi connectivity index (χ3v) is 6.49. The molecule has 182 valence electrons. The van der Waals surface area contributed by atoms with Gasteiger partial charge in [0.15, 0.2) is 5.82 Å². The first-order valence-electron chi connectivity index (χ1n) is 11.2. The molecule has 0 saturated carbocycles. The third kappa shape index (κ3) is 3.67. The molecule has 2 aliphatic heterocycles. The Morgan fingerprint density at radius 2 is 1.89 bits per heavy atom. The zero-order chi connectivity index (χ0) is 25.0.